The van der Waals surface area contributed by atoms with Crippen LogP contribution < -0.4 is 0 Å². The van der Waals surface area contributed by atoms with E-state index < -0.39 is 0 Å². The molecule has 0 aliphatic heterocycles. The van der Waals surface area contributed by atoms with Crippen LogP contribution in [-0.4, -0.2) is 19.4 Å². The molecule has 13 heavy (non-hydrogen) atoms. The highest BCUT2D eigenvalue weighted by Crippen LogP contribution is 2.18. The van der Waals surface area contributed by atoms with E-state index in [-0.39, 0.29) is 6.04 Å². The van der Waals surface area contributed by atoms with Gasteiger partial charge in [-0.3, -0.25) is 9.68 Å². The van der Waals surface area contributed by atoms with Gasteiger partial charge in [0.05, 0.1) is 20.3 Å². The summed E-state index contributed by atoms with van der Waals surface area (Å²) in [6.45, 7) is 2.02. The lowest BCUT2D eigenvalue weighted by molar-refractivity contribution is -0.364. The summed E-state index contributed by atoms with van der Waals surface area (Å²) in [6.07, 6.45) is 0. The molecule has 0 radical (unpaired) electrons. The summed E-state index contributed by atoms with van der Waals surface area (Å²) < 4.78 is 0. The maximum Gasteiger partial charge on any atom is 0.0849 e. The molecule has 0 heterocycles. The van der Waals surface area contributed by atoms with Crippen LogP contribution in [0.2, 0.25) is 0 Å². The van der Waals surface area contributed by atoms with Crippen molar-refractivity contribution in [1.29, 1.82) is 0 Å². The Morgan fingerprint density at radius 1 is 1.08 bits per heavy atom. The second-order valence-electron chi connectivity index (χ2n) is 2.74. The van der Waals surface area contributed by atoms with E-state index in [0.29, 0.717) is 0 Å². The molecule has 0 aromatic heterocycles. The Hall–Kier alpha value is -0.900. The van der Waals surface area contributed by atoms with Crippen molar-refractivity contribution in [3.05, 3.63) is 35.9 Å². The minimum absolute atomic E-state index is 0.0937. The van der Waals surface area contributed by atoms with Gasteiger partial charge in [0.15, 0.2) is 0 Å². The van der Waals surface area contributed by atoms with E-state index in [2.05, 4.69) is 0 Å². The van der Waals surface area contributed by atoms with Crippen LogP contribution in [0.5, 0.6) is 0 Å². The average Bonchev–Trinajstić information content (AvgIpc) is 2.21. The first-order valence-electron chi connectivity index (χ1n) is 4.22. The molecule has 72 valence electrons. The summed E-state index contributed by atoms with van der Waals surface area (Å²) in [4.78, 5) is 10.1. The minimum atomic E-state index is 0.0937. The van der Waals surface area contributed by atoms with Gasteiger partial charge < -0.3 is 0 Å². The van der Waals surface area contributed by atoms with Crippen molar-refractivity contribution in [2.24, 2.45) is 0 Å². The minimum Gasteiger partial charge on any atom is -0.277 e. The van der Waals surface area contributed by atoms with E-state index >= 15 is 0 Å². The molecular weight excluding hydrogens is 166 g/mol. The molecule has 0 N–H and O–H groups in total. The summed E-state index contributed by atoms with van der Waals surface area (Å²) in [5.74, 6) is 0. The van der Waals surface area contributed by atoms with E-state index in [1.54, 1.807) is 14.2 Å². The highest BCUT2D eigenvalue weighted by molar-refractivity contribution is 5.17. The highest BCUT2D eigenvalue weighted by atomic mass is 16.9. The van der Waals surface area contributed by atoms with Crippen molar-refractivity contribution in [1.82, 2.24) is 5.23 Å². The first-order valence-corrected chi connectivity index (χ1v) is 4.22. The van der Waals surface area contributed by atoms with Gasteiger partial charge in [-0.25, -0.2) is 0 Å². The molecule has 1 rings (SSSR count). The molecule has 3 nitrogen and oxygen atoms in total. The predicted octanol–water partition coefficient (Wildman–Crippen LogP) is 2.17. The largest absolute Gasteiger partial charge is 0.277 e. The number of rotatable bonds is 4. The predicted molar refractivity (Wildman–Crippen MR) is 50.7 cm³/mol. The van der Waals surface area contributed by atoms with E-state index in [1.807, 2.05) is 37.3 Å². The molecule has 1 aromatic rings. The van der Waals surface area contributed by atoms with Gasteiger partial charge in [0.25, 0.3) is 0 Å². The van der Waals surface area contributed by atoms with Crippen LogP contribution in [-0.2, 0) is 9.68 Å². The van der Waals surface area contributed by atoms with Crippen LogP contribution >= 0.6 is 0 Å². The molecule has 0 bridgehead atoms. The lowest BCUT2D eigenvalue weighted by Crippen LogP contribution is -2.24. The quantitative estimate of drug-likeness (QED) is 0.664. The number of benzene rings is 1. The second kappa shape index (κ2) is 4.97. The number of hydroxylamine groups is 2. The lowest BCUT2D eigenvalue weighted by Gasteiger charge is -2.23. The number of hydrogen-bond donors (Lipinski definition) is 0. The Bertz CT molecular complexity index is 234. The molecule has 3 heteroatoms. The maximum atomic E-state index is 5.03. The third-order valence-electron chi connectivity index (χ3n) is 1.96. The van der Waals surface area contributed by atoms with Crippen molar-refractivity contribution >= 4 is 0 Å². The molecule has 0 spiro atoms. The van der Waals surface area contributed by atoms with Gasteiger partial charge in [-0.15, -0.1) is 0 Å². The fourth-order valence-corrected chi connectivity index (χ4v) is 1.24. The van der Waals surface area contributed by atoms with Crippen LogP contribution in [0.1, 0.15) is 18.5 Å². The molecule has 0 aliphatic carbocycles. The van der Waals surface area contributed by atoms with Gasteiger partial charge in [0.1, 0.15) is 0 Å². The maximum absolute atomic E-state index is 5.03. The lowest BCUT2D eigenvalue weighted by atomic mass is 10.1. The van der Waals surface area contributed by atoms with E-state index in [1.165, 1.54) is 5.23 Å². The van der Waals surface area contributed by atoms with E-state index in [4.69, 9.17) is 9.68 Å². The highest BCUT2D eigenvalue weighted by Gasteiger charge is 2.14. The Morgan fingerprint density at radius 2 is 1.62 bits per heavy atom. The van der Waals surface area contributed by atoms with E-state index in [9.17, 15) is 0 Å². The zero-order chi connectivity index (χ0) is 9.68. The molecular formula is C10H15NO2. The summed E-state index contributed by atoms with van der Waals surface area (Å²) in [5.41, 5.74) is 1.16. The number of hydrogen-bond acceptors (Lipinski definition) is 3. The van der Waals surface area contributed by atoms with Crippen molar-refractivity contribution in [2.45, 2.75) is 13.0 Å². The third kappa shape index (κ3) is 2.52. The topological polar surface area (TPSA) is 21.7 Å². The molecule has 0 amide bonds. The van der Waals surface area contributed by atoms with Crippen molar-refractivity contribution < 1.29 is 9.68 Å². The standard InChI is InChI=1S/C10H15NO2/c1-9(11(12-2)13-3)10-7-5-4-6-8-10/h4-9H,1-3H3. The Balaban J connectivity index is 2.72. The normalized spacial score (nSPS) is 13.2. The Kier molecular flexibility index (Phi) is 3.89. The van der Waals surface area contributed by atoms with Crippen LogP contribution in [0.25, 0.3) is 0 Å². The van der Waals surface area contributed by atoms with E-state index in [0.717, 1.165) is 5.56 Å². The third-order valence-corrected chi connectivity index (χ3v) is 1.96. The number of nitrogens with zero attached hydrogens (tertiary/aromatic N) is 1. The van der Waals surface area contributed by atoms with Crippen molar-refractivity contribution in [2.75, 3.05) is 14.2 Å². The second-order valence-corrected chi connectivity index (χ2v) is 2.74. The van der Waals surface area contributed by atoms with Crippen LogP contribution in [0.15, 0.2) is 30.3 Å². The molecule has 0 aliphatic rings. The smallest absolute Gasteiger partial charge is 0.0849 e. The summed E-state index contributed by atoms with van der Waals surface area (Å²) in [5, 5.41) is 1.45. The van der Waals surface area contributed by atoms with Crippen LogP contribution in [0.4, 0.5) is 0 Å². The van der Waals surface area contributed by atoms with Gasteiger partial charge in [-0.2, -0.15) is 0 Å². The fourth-order valence-electron chi connectivity index (χ4n) is 1.24. The zero-order valence-corrected chi connectivity index (χ0v) is 8.23. The Morgan fingerprint density at radius 3 is 2.08 bits per heavy atom. The summed E-state index contributed by atoms with van der Waals surface area (Å²) in [6, 6.07) is 10.1. The molecule has 1 atom stereocenters. The van der Waals surface area contributed by atoms with Crippen LogP contribution in [0, 0.1) is 0 Å². The van der Waals surface area contributed by atoms with Gasteiger partial charge >= 0.3 is 0 Å². The Labute approximate surface area is 78.8 Å². The summed E-state index contributed by atoms with van der Waals surface area (Å²) >= 11 is 0. The van der Waals surface area contributed by atoms with Crippen molar-refractivity contribution in [3.8, 4) is 0 Å². The molecule has 1 unspecified atom stereocenters. The molecule has 1 aromatic carbocycles. The van der Waals surface area contributed by atoms with Gasteiger partial charge in [0.2, 0.25) is 0 Å². The zero-order valence-electron chi connectivity index (χ0n) is 8.23. The molecule has 0 saturated carbocycles. The van der Waals surface area contributed by atoms with Gasteiger partial charge in [-0.1, -0.05) is 35.6 Å². The van der Waals surface area contributed by atoms with Crippen LogP contribution in [0.3, 0.4) is 0 Å². The summed E-state index contributed by atoms with van der Waals surface area (Å²) in [7, 11) is 3.17. The molecule has 0 saturated heterocycles. The van der Waals surface area contributed by atoms with Gasteiger partial charge in [-0.05, 0) is 12.5 Å². The van der Waals surface area contributed by atoms with Crippen molar-refractivity contribution in [3.63, 3.8) is 0 Å². The fraction of sp³-hybridized carbons (Fsp3) is 0.400. The SMILES string of the molecule is CON(OC)C(C)c1ccccc1. The van der Waals surface area contributed by atoms with Gasteiger partial charge in [0, 0.05) is 0 Å². The first-order chi connectivity index (χ1) is 6.29. The first kappa shape index (κ1) is 10.2. The monoisotopic (exact) mass is 181 g/mol. The molecule has 0 fully saturated rings. The average molecular weight is 181 g/mol.